The molecule has 0 saturated carbocycles. The van der Waals surface area contributed by atoms with E-state index >= 15 is 0 Å². The molecule has 1 aliphatic heterocycles. The van der Waals surface area contributed by atoms with Gasteiger partial charge in [-0.15, -0.1) is 5.10 Å². The topological polar surface area (TPSA) is 91.5 Å². The van der Waals surface area contributed by atoms with Crippen LogP contribution in [0.1, 0.15) is 41.6 Å². The van der Waals surface area contributed by atoms with Crippen LogP contribution in [0.5, 0.6) is 0 Å². The van der Waals surface area contributed by atoms with Gasteiger partial charge in [-0.05, 0) is 70.5 Å². The van der Waals surface area contributed by atoms with Crippen LogP contribution in [0.4, 0.5) is 5.69 Å². The number of benzene rings is 3. The average Bonchev–Trinajstić information content (AvgIpc) is 3.51. The van der Waals surface area contributed by atoms with Gasteiger partial charge in [0.25, 0.3) is 5.91 Å². The minimum absolute atomic E-state index is 0.0507. The zero-order valence-corrected chi connectivity index (χ0v) is 25.7. The molecule has 2 heterocycles. The van der Waals surface area contributed by atoms with Crippen molar-refractivity contribution in [2.24, 2.45) is 5.92 Å². The second kappa shape index (κ2) is 12.3. The van der Waals surface area contributed by atoms with E-state index in [1.54, 1.807) is 9.58 Å². The van der Waals surface area contributed by atoms with E-state index in [1.807, 2.05) is 98.1 Å². The van der Waals surface area contributed by atoms with Crippen molar-refractivity contribution in [3.05, 3.63) is 122 Å². The number of hydrogen-bond donors (Lipinski definition) is 2. The van der Waals surface area contributed by atoms with Gasteiger partial charge in [0.2, 0.25) is 0 Å². The van der Waals surface area contributed by atoms with Gasteiger partial charge in [-0.25, -0.2) is 0 Å². The van der Waals surface area contributed by atoms with E-state index in [0.29, 0.717) is 30.8 Å². The molecule has 0 fully saturated rings. The highest BCUT2D eigenvalue weighted by molar-refractivity contribution is 14.1. The number of hydrogen-bond acceptors (Lipinski definition) is 5. The Bertz CT molecular complexity index is 1510. The van der Waals surface area contributed by atoms with Crippen LogP contribution in [-0.4, -0.2) is 37.7 Å². The van der Waals surface area contributed by atoms with Crippen LogP contribution >= 0.6 is 38.5 Å². The third-order valence-electron chi connectivity index (χ3n) is 7.39. The van der Waals surface area contributed by atoms with Crippen molar-refractivity contribution in [3.8, 4) is 0 Å². The van der Waals surface area contributed by atoms with Crippen molar-refractivity contribution < 1.29 is 15.0 Å². The number of nitrogens with zero attached hydrogens (tertiary/aromatic N) is 4. The Morgan fingerprint density at radius 3 is 2.58 bits per heavy atom. The summed E-state index contributed by atoms with van der Waals surface area (Å²) in [6.45, 7) is 2.78. The number of aromatic nitrogens is 3. The summed E-state index contributed by atoms with van der Waals surface area (Å²) >= 11 is 5.77. The SMILES string of the molecule is C[C@@H](/C=C/CCn1cc(C(CO)c2ccccc2)nn1)[C@]1(O)C(=O)N(Cc2ccc(I)cc2)c2ccc(Br)cc21. The van der Waals surface area contributed by atoms with E-state index in [0.717, 1.165) is 24.9 Å². The van der Waals surface area contributed by atoms with Crippen molar-refractivity contribution >= 4 is 50.1 Å². The molecule has 5 rings (SSSR count). The molecule has 3 aromatic carbocycles. The Morgan fingerprint density at radius 1 is 1.10 bits per heavy atom. The minimum atomic E-state index is -1.68. The Balaban J connectivity index is 1.28. The number of halogens is 2. The molecule has 0 radical (unpaired) electrons. The zero-order valence-electron chi connectivity index (χ0n) is 22.0. The molecular formula is C31H30BrIN4O3. The molecule has 0 saturated heterocycles. The lowest BCUT2D eigenvalue weighted by Gasteiger charge is -2.27. The quantitative estimate of drug-likeness (QED) is 0.161. The number of amides is 1. The lowest BCUT2D eigenvalue weighted by atomic mass is 9.83. The Kier molecular flexibility index (Phi) is 8.84. The minimum Gasteiger partial charge on any atom is -0.395 e. The summed E-state index contributed by atoms with van der Waals surface area (Å²) in [5.41, 5.74) is 2.35. The predicted octanol–water partition coefficient (Wildman–Crippen LogP) is 5.79. The molecule has 0 aliphatic carbocycles. The molecule has 9 heteroatoms. The van der Waals surface area contributed by atoms with Gasteiger partial charge in [-0.3, -0.25) is 9.48 Å². The van der Waals surface area contributed by atoms with Gasteiger partial charge >= 0.3 is 0 Å². The van der Waals surface area contributed by atoms with Gasteiger partial charge < -0.3 is 15.1 Å². The fourth-order valence-corrected chi connectivity index (χ4v) is 5.85. The Labute approximate surface area is 255 Å². The van der Waals surface area contributed by atoms with Crippen molar-refractivity contribution in [3.63, 3.8) is 0 Å². The summed E-state index contributed by atoms with van der Waals surface area (Å²) < 4.78 is 3.68. The number of rotatable bonds is 10. The van der Waals surface area contributed by atoms with Gasteiger partial charge in [-0.2, -0.15) is 0 Å². The molecule has 3 atom stereocenters. The maximum atomic E-state index is 13.8. The number of fused-ring (bicyclic) bond motifs is 1. The van der Waals surface area contributed by atoms with Crippen molar-refractivity contribution in [1.82, 2.24) is 15.0 Å². The molecule has 1 amide bonds. The van der Waals surface area contributed by atoms with E-state index in [-0.39, 0.29) is 18.4 Å². The van der Waals surface area contributed by atoms with Gasteiger partial charge in [0.05, 0.1) is 30.5 Å². The third-order valence-corrected chi connectivity index (χ3v) is 8.60. The zero-order chi connectivity index (χ0) is 28.3. The molecule has 0 spiro atoms. The van der Waals surface area contributed by atoms with Crippen molar-refractivity contribution in [2.45, 2.75) is 38.0 Å². The second-order valence-electron chi connectivity index (χ2n) is 10.0. The van der Waals surface area contributed by atoms with Crippen LogP contribution in [0.2, 0.25) is 0 Å². The number of aliphatic hydroxyl groups is 2. The van der Waals surface area contributed by atoms with Crippen LogP contribution in [0, 0.1) is 9.49 Å². The Morgan fingerprint density at radius 2 is 1.85 bits per heavy atom. The number of aliphatic hydroxyl groups excluding tert-OH is 1. The number of carbonyl (C=O) groups excluding carboxylic acids is 1. The highest BCUT2D eigenvalue weighted by Gasteiger charge is 2.52. The summed E-state index contributed by atoms with van der Waals surface area (Å²) in [5, 5.41) is 30.3. The molecule has 2 N–H and O–H groups in total. The first kappa shape index (κ1) is 28.7. The molecule has 1 aliphatic rings. The predicted molar refractivity (Wildman–Crippen MR) is 167 cm³/mol. The first-order chi connectivity index (χ1) is 19.3. The van der Waals surface area contributed by atoms with Gasteiger partial charge in [0.1, 0.15) is 0 Å². The van der Waals surface area contributed by atoms with Crippen LogP contribution in [0.25, 0.3) is 0 Å². The summed E-state index contributed by atoms with van der Waals surface area (Å²) in [4.78, 5) is 15.4. The van der Waals surface area contributed by atoms with E-state index in [9.17, 15) is 15.0 Å². The van der Waals surface area contributed by atoms with E-state index in [4.69, 9.17) is 0 Å². The molecule has 206 valence electrons. The van der Waals surface area contributed by atoms with Crippen LogP contribution < -0.4 is 4.90 Å². The molecule has 1 aromatic heterocycles. The van der Waals surface area contributed by atoms with Crippen LogP contribution in [-0.2, 0) is 23.5 Å². The summed E-state index contributed by atoms with van der Waals surface area (Å²) in [6, 6.07) is 23.4. The molecule has 0 bridgehead atoms. The number of carbonyl (C=O) groups is 1. The number of anilines is 1. The second-order valence-corrected chi connectivity index (χ2v) is 12.2. The molecular weight excluding hydrogens is 683 g/mol. The lowest BCUT2D eigenvalue weighted by Crippen LogP contribution is -2.44. The monoisotopic (exact) mass is 712 g/mol. The van der Waals surface area contributed by atoms with Gasteiger partial charge in [0.15, 0.2) is 5.60 Å². The normalized spacial score (nSPS) is 18.3. The van der Waals surface area contributed by atoms with Crippen LogP contribution in [0.15, 0.2) is 95.6 Å². The summed E-state index contributed by atoms with van der Waals surface area (Å²) in [7, 11) is 0. The molecule has 40 heavy (non-hydrogen) atoms. The first-order valence-electron chi connectivity index (χ1n) is 13.1. The van der Waals surface area contributed by atoms with Crippen LogP contribution in [0.3, 0.4) is 0 Å². The molecule has 1 unspecified atom stereocenters. The maximum Gasteiger partial charge on any atom is 0.264 e. The van der Waals surface area contributed by atoms with Gasteiger partial charge in [-0.1, -0.05) is 82.7 Å². The number of aryl methyl sites for hydroxylation is 1. The summed E-state index contributed by atoms with van der Waals surface area (Å²) in [6.07, 6.45) is 6.37. The largest absolute Gasteiger partial charge is 0.395 e. The highest BCUT2D eigenvalue weighted by Crippen LogP contribution is 2.46. The van der Waals surface area contributed by atoms with E-state index in [1.165, 1.54) is 0 Å². The smallest absolute Gasteiger partial charge is 0.264 e. The average molecular weight is 713 g/mol. The molecule has 4 aromatic rings. The molecule has 7 nitrogen and oxygen atoms in total. The van der Waals surface area contributed by atoms with Crippen molar-refractivity contribution in [2.75, 3.05) is 11.5 Å². The Hall–Kier alpha value is -2.86. The maximum absolute atomic E-state index is 13.8. The van der Waals surface area contributed by atoms with Crippen molar-refractivity contribution in [1.29, 1.82) is 0 Å². The first-order valence-corrected chi connectivity index (χ1v) is 15.0. The number of allylic oxidation sites excluding steroid dienone is 1. The summed E-state index contributed by atoms with van der Waals surface area (Å²) in [5.74, 6) is -1.01. The standard InChI is InChI=1S/C31H30BrIN4O3/c1-21(7-5-6-16-36-19-28(34-35-36)26(20-38)23-8-3-2-4-9-23)31(40)27-17-24(32)12-15-29(27)37(30(31)39)18-22-10-13-25(33)14-11-22/h2-5,7-15,17,19,21,26,38,40H,6,16,18,20H2,1H3/b7-5+/t21-,26?,31+/m0/s1. The van der Waals surface area contributed by atoms with E-state index in [2.05, 4.69) is 48.8 Å². The lowest BCUT2D eigenvalue weighted by molar-refractivity contribution is -0.139. The third kappa shape index (κ3) is 5.79. The fraction of sp³-hybridized carbons (Fsp3) is 0.258. The van der Waals surface area contributed by atoms with Gasteiger partial charge in [0, 0.05) is 32.3 Å². The highest BCUT2D eigenvalue weighted by atomic mass is 127. The fourth-order valence-electron chi connectivity index (χ4n) is 5.13. The van der Waals surface area contributed by atoms with E-state index < -0.39 is 11.5 Å².